The number of hydrogen-bond donors (Lipinski definition) is 2. The number of halogens is 1. The Labute approximate surface area is 116 Å². The van der Waals surface area contributed by atoms with E-state index in [1.54, 1.807) is 6.07 Å². The second kappa shape index (κ2) is 5.44. The van der Waals surface area contributed by atoms with E-state index in [2.05, 4.69) is 28.2 Å². The maximum Gasteiger partial charge on any atom is 0.120 e. The van der Waals surface area contributed by atoms with Gasteiger partial charge in [0.1, 0.15) is 5.75 Å². The van der Waals surface area contributed by atoms with Crippen molar-refractivity contribution in [1.29, 1.82) is 0 Å². The number of phenolic OH excluding ortho intramolecular Hbond substituents is 1. The van der Waals surface area contributed by atoms with Gasteiger partial charge < -0.3 is 10.4 Å². The quantitative estimate of drug-likeness (QED) is 0.866. The molecule has 0 aliphatic heterocycles. The van der Waals surface area contributed by atoms with Crippen molar-refractivity contribution in [2.24, 2.45) is 0 Å². The summed E-state index contributed by atoms with van der Waals surface area (Å²) >= 11 is 3.52. The number of aromatic hydroxyl groups is 1. The van der Waals surface area contributed by atoms with Crippen molar-refractivity contribution in [2.75, 3.05) is 5.32 Å². The highest BCUT2D eigenvalue weighted by atomic mass is 79.9. The molecule has 1 unspecified atom stereocenters. The first-order valence-electron chi connectivity index (χ1n) is 5.89. The smallest absolute Gasteiger partial charge is 0.120 e. The molecule has 0 amide bonds. The van der Waals surface area contributed by atoms with Crippen LogP contribution in [0.3, 0.4) is 0 Å². The summed E-state index contributed by atoms with van der Waals surface area (Å²) in [5.41, 5.74) is 3.14. The van der Waals surface area contributed by atoms with Gasteiger partial charge in [-0.05, 0) is 37.6 Å². The minimum atomic E-state index is 0.0548. The highest BCUT2D eigenvalue weighted by Gasteiger charge is 2.11. The summed E-state index contributed by atoms with van der Waals surface area (Å²) in [7, 11) is 0. The SMILES string of the molecule is Cc1c(Br)cccc1NC(C)c1ccccc1O. The van der Waals surface area contributed by atoms with Crippen molar-refractivity contribution in [2.45, 2.75) is 19.9 Å². The van der Waals surface area contributed by atoms with Crippen LogP contribution in [-0.2, 0) is 0 Å². The van der Waals surface area contributed by atoms with Crippen LogP contribution in [0.2, 0.25) is 0 Å². The third-order valence-corrected chi connectivity index (χ3v) is 3.90. The molecule has 2 N–H and O–H groups in total. The first-order chi connectivity index (χ1) is 8.59. The Morgan fingerprint density at radius 2 is 1.83 bits per heavy atom. The van der Waals surface area contributed by atoms with E-state index in [9.17, 15) is 5.11 Å². The average Bonchev–Trinajstić information content (AvgIpc) is 2.35. The fourth-order valence-electron chi connectivity index (χ4n) is 1.93. The molecule has 0 saturated heterocycles. The van der Waals surface area contributed by atoms with Gasteiger partial charge in [-0.2, -0.15) is 0 Å². The van der Waals surface area contributed by atoms with Crippen LogP contribution in [0.1, 0.15) is 24.1 Å². The Bertz CT molecular complexity index is 554. The predicted molar refractivity (Wildman–Crippen MR) is 79.0 cm³/mol. The highest BCUT2D eigenvalue weighted by molar-refractivity contribution is 9.10. The third kappa shape index (κ3) is 2.67. The molecule has 0 fully saturated rings. The normalized spacial score (nSPS) is 12.2. The first-order valence-corrected chi connectivity index (χ1v) is 6.68. The summed E-state index contributed by atoms with van der Waals surface area (Å²) in [5, 5.41) is 13.3. The molecule has 0 radical (unpaired) electrons. The molecule has 0 heterocycles. The van der Waals surface area contributed by atoms with Gasteiger partial charge in [0, 0.05) is 15.7 Å². The van der Waals surface area contributed by atoms with Gasteiger partial charge in [0.05, 0.1) is 6.04 Å². The molecule has 2 nitrogen and oxygen atoms in total. The van der Waals surface area contributed by atoms with Gasteiger partial charge in [-0.25, -0.2) is 0 Å². The zero-order chi connectivity index (χ0) is 13.1. The van der Waals surface area contributed by atoms with Crippen molar-refractivity contribution < 1.29 is 5.11 Å². The first kappa shape index (κ1) is 13.0. The monoisotopic (exact) mass is 305 g/mol. The van der Waals surface area contributed by atoms with Crippen LogP contribution < -0.4 is 5.32 Å². The van der Waals surface area contributed by atoms with Crippen LogP contribution in [0.25, 0.3) is 0 Å². The molecular formula is C15H16BrNO. The van der Waals surface area contributed by atoms with Crippen molar-refractivity contribution >= 4 is 21.6 Å². The molecule has 0 aliphatic carbocycles. The molecule has 3 heteroatoms. The maximum absolute atomic E-state index is 9.83. The number of anilines is 1. The van der Waals surface area contributed by atoms with Crippen LogP contribution in [0, 0.1) is 6.92 Å². The van der Waals surface area contributed by atoms with Crippen LogP contribution in [0.15, 0.2) is 46.9 Å². The minimum absolute atomic E-state index is 0.0548. The highest BCUT2D eigenvalue weighted by Crippen LogP contribution is 2.30. The van der Waals surface area contributed by atoms with Crippen molar-refractivity contribution in [3.8, 4) is 5.75 Å². The second-order valence-electron chi connectivity index (χ2n) is 4.34. The molecule has 2 rings (SSSR count). The van der Waals surface area contributed by atoms with Crippen LogP contribution in [0.5, 0.6) is 5.75 Å². The number of para-hydroxylation sites is 1. The van der Waals surface area contributed by atoms with Crippen molar-refractivity contribution in [3.63, 3.8) is 0 Å². The Morgan fingerprint density at radius 3 is 2.56 bits per heavy atom. The summed E-state index contributed by atoms with van der Waals surface area (Å²) < 4.78 is 1.08. The molecule has 0 bridgehead atoms. The second-order valence-corrected chi connectivity index (χ2v) is 5.19. The number of nitrogens with one attached hydrogen (secondary N) is 1. The lowest BCUT2D eigenvalue weighted by Gasteiger charge is -2.18. The molecule has 0 aromatic heterocycles. The van der Waals surface area contributed by atoms with E-state index < -0.39 is 0 Å². The topological polar surface area (TPSA) is 32.3 Å². The molecule has 0 saturated carbocycles. The zero-order valence-corrected chi connectivity index (χ0v) is 12.0. The molecule has 1 atom stereocenters. The Balaban J connectivity index is 2.24. The molecule has 0 aliphatic rings. The molecule has 2 aromatic carbocycles. The summed E-state index contributed by atoms with van der Waals surface area (Å²) in [4.78, 5) is 0. The molecule has 94 valence electrons. The standard InChI is InChI=1S/C15H16BrNO/c1-10-13(16)7-5-8-14(10)17-11(2)12-6-3-4-9-15(12)18/h3-9,11,17-18H,1-2H3. The number of benzene rings is 2. The third-order valence-electron chi connectivity index (χ3n) is 3.04. The van der Waals surface area contributed by atoms with E-state index in [-0.39, 0.29) is 6.04 Å². The molecule has 18 heavy (non-hydrogen) atoms. The fraction of sp³-hybridized carbons (Fsp3) is 0.200. The molecule has 0 spiro atoms. The lowest BCUT2D eigenvalue weighted by Crippen LogP contribution is -2.07. The van der Waals surface area contributed by atoms with E-state index in [0.717, 1.165) is 15.7 Å². The van der Waals surface area contributed by atoms with Crippen molar-refractivity contribution in [3.05, 3.63) is 58.1 Å². The van der Waals surface area contributed by atoms with E-state index in [1.807, 2.05) is 43.3 Å². The number of phenols is 1. The van der Waals surface area contributed by atoms with E-state index in [4.69, 9.17) is 0 Å². The van der Waals surface area contributed by atoms with E-state index >= 15 is 0 Å². The zero-order valence-electron chi connectivity index (χ0n) is 10.4. The summed E-state index contributed by atoms with van der Waals surface area (Å²) in [6, 6.07) is 13.5. The largest absolute Gasteiger partial charge is 0.508 e. The molecule has 2 aromatic rings. The van der Waals surface area contributed by atoms with Gasteiger partial charge >= 0.3 is 0 Å². The van der Waals surface area contributed by atoms with Gasteiger partial charge in [-0.1, -0.05) is 40.2 Å². The van der Waals surface area contributed by atoms with Gasteiger partial charge in [-0.15, -0.1) is 0 Å². The lowest BCUT2D eigenvalue weighted by molar-refractivity contribution is 0.465. The Morgan fingerprint density at radius 1 is 1.11 bits per heavy atom. The fourth-order valence-corrected chi connectivity index (χ4v) is 2.29. The van der Waals surface area contributed by atoms with Crippen LogP contribution in [0.4, 0.5) is 5.69 Å². The van der Waals surface area contributed by atoms with Gasteiger partial charge in [0.25, 0.3) is 0 Å². The Hall–Kier alpha value is -1.48. The van der Waals surface area contributed by atoms with E-state index in [0.29, 0.717) is 5.75 Å². The maximum atomic E-state index is 9.83. The van der Waals surface area contributed by atoms with Crippen LogP contribution in [-0.4, -0.2) is 5.11 Å². The average molecular weight is 306 g/mol. The number of rotatable bonds is 3. The molecular weight excluding hydrogens is 290 g/mol. The van der Waals surface area contributed by atoms with Crippen molar-refractivity contribution in [1.82, 2.24) is 0 Å². The summed E-state index contributed by atoms with van der Waals surface area (Å²) in [6.07, 6.45) is 0. The van der Waals surface area contributed by atoms with Gasteiger partial charge in [0.15, 0.2) is 0 Å². The lowest BCUT2D eigenvalue weighted by atomic mass is 10.1. The number of hydrogen-bond acceptors (Lipinski definition) is 2. The van der Waals surface area contributed by atoms with E-state index in [1.165, 1.54) is 5.56 Å². The van der Waals surface area contributed by atoms with Crippen LogP contribution >= 0.6 is 15.9 Å². The summed E-state index contributed by atoms with van der Waals surface area (Å²) in [5.74, 6) is 0.324. The summed E-state index contributed by atoms with van der Waals surface area (Å²) in [6.45, 7) is 4.10. The van der Waals surface area contributed by atoms with Gasteiger partial charge in [-0.3, -0.25) is 0 Å². The Kier molecular flexibility index (Phi) is 3.92. The predicted octanol–water partition coefficient (Wildman–Crippen LogP) is 4.64. The van der Waals surface area contributed by atoms with Gasteiger partial charge in [0.2, 0.25) is 0 Å². The minimum Gasteiger partial charge on any atom is -0.508 e.